The van der Waals surface area contributed by atoms with Gasteiger partial charge in [0.25, 0.3) is 11.5 Å². The molecule has 2 aromatic carbocycles. The Hall–Kier alpha value is -3.35. The molecule has 1 heterocycles. The number of nitrogens with one attached hydrogen (secondary N) is 1. The molecule has 0 fully saturated rings. The number of carbonyl (C=O) groups excluding carboxylic acids is 1. The lowest BCUT2D eigenvalue weighted by Crippen LogP contribution is -2.26. The van der Waals surface area contributed by atoms with Gasteiger partial charge in [0.1, 0.15) is 17.3 Å². The van der Waals surface area contributed by atoms with E-state index in [0.29, 0.717) is 11.3 Å². The van der Waals surface area contributed by atoms with Gasteiger partial charge in [-0.15, -0.1) is 0 Å². The highest BCUT2D eigenvalue weighted by atomic mass is 19.1. The minimum Gasteiger partial charge on any atom is -0.321 e. The van der Waals surface area contributed by atoms with Gasteiger partial charge in [0.15, 0.2) is 0 Å². The van der Waals surface area contributed by atoms with Crippen molar-refractivity contribution in [2.24, 2.45) is 0 Å². The van der Waals surface area contributed by atoms with Crippen LogP contribution >= 0.6 is 0 Å². The van der Waals surface area contributed by atoms with Crippen LogP contribution < -0.4 is 10.9 Å². The van der Waals surface area contributed by atoms with E-state index in [9.17, 15) is 18.4 Å². The average molecular weight is 341 g/mol. The van der Waals surface area contributed by atoms with Crippen LogP contribution in [-0.2, 0) is 6.54 Å². The standard InChI is InChI=1S/C18H13F2N3O2/c19-13-3-1-12(2-4-13)11-23-17(24)10-9-16(22-23)18(25)21-15-7-5-14(20)6-8-15/h1-10H,11H2,(H,21,25). The number of hydrogen-bond donors (Lipinski definition) is 1. The van der Waals surface area contributed by atoms with Crippen molar-refractivity contribution in [1.29, 1.82) is 0 Å². The van der Waals surface area contributed by atoms with Crippen molar-refractivity contribution >= 4 is 11.6 Å². The van der Waals surface area contributed by atoms with Gasteiger partial charge in [-0.25, -0.2) is 13.5 Å². The van der Waals surface area contributed by atoms with E-state index in [0.717, 1.165) is 4.68 Å². The molecule has 7 heteroatoms. The van der Waals surface area contributed by atoms with Gasteiger partial charge in [0.2, 0.25) is 0 Å². The molecule has 0 radical (unpaired) electrons. The predicted molar refractivity (Wildman–Crippen MR) is 88.4 cm³/mol. The van der Waals surface area contributed by atoms with Crippen LogP contribution in [0, 0.1) is 11.6 Å². The van der Waals surface area contributed by atoms with Gasteiger partial charge < -0.3 is 5.32 Å². The zero-order valence-corrected chi connectivity index (χ0v) is 12.9. The largest absolute Gasteiger partial charge is 0.321 e. The van der Waals surface area contributed by atoms with Crippen molar-refractivity contribution in [3.63, 3.8) is 0 Å². The summed E-state index contributed by atoms with van der Waals surface area (Å²) in [5.41, 5.74) is 0.727. The number of aromatic nitrogens is 2. The lowest BCUT2D eigenvalue weighted by atomic mass is 10.2. The first kappa shape index (κ1) is 16.5. The number of hydrogen-bond acceptors (Lipinski definition) is 3. The molecule has 0 unspecified atom stereocenters. The SMILES string of the molecule is O=C(Nc1ccc(F)cc1)c1ccc(=O)n(Cc2ccc(F)cc2)n1. The molecular formula is C18H13F2N3O2. The Balaban J connectivity index is 1.80. The normalized spacial score (nSPS) is 10.5. The molecule has 25 heavy (non-hydrogen) atoms. The van der Waals surface area contributed by atoms with Crippen molar-refractivity contribution < 1.29 is 13.6 Å². The Morgan fingerprint density at radius 3 is 2.16 bits per heavy atom. The molecule has 0 spiro atoms. The molecule has 126 valence electrons. The molecule has 1 aromatic heterocycles. The third-order valence-electron chi connectivity index (χ3n) is 3.45. The second-order valence-corrected chi connectivity index (χ2v) is 5.30. The van der Waals surface area contributed by atoms with Crippen LogP contribution in [0.2, 0.25) is 0 Å². The summed E-state index contributed by atoms with van der Waals surface area (Å²) in [7, 11) is 0. The fourth-order valence-electron chi connectivity index (χ4n) is 2.17. The molecule has 0 atom stereocenters. The van der Waals surface area contributed by atoms with Crippen LogP contribution in [0.15, 0.2) is 65.5 Å². The minimum atomic E-state index is -0.528. The summed E-state index contributed by atoms with van der Waals surface area (Å²) in [4.78, 5) is 24.1. The quantitative estimate of drug-likeness (QED) is 0.794. The molecule has 0 aliphatic rings. The van der Waals surface area contributed by atoms with Crippen LogP contribution in [0.1, 0.15) is 16.1 Å². The third-order valence-corrected chi connectivity index (χ3v) is 3.45. The molecular weight excluding hydrogens is 328 g/mol. The van der Waals surface area contributed by atoms with Crippen molar-refractivity contribution in [2.45, 2.75) is 6.54 Å². The molecule has 0 saturated heterocycles. The summed E-state index contributed by atoms with van der Waals surface area (Å²) in [6.07, 6.45) is 0. The van der Waals surface area contributed by atoms with Gasteiger partial charge >= 0.3 is 0 Å². The molecule has 0 aliphatic carbocycles. The maximum Gasteiger partial charge on any atom is 0.276 e. The van der Waals surface area contributed by atoms with Crippen LogP contribution in [0.25, 0.3) is 0 Å². The second kappa shape index (κ2) is 7.04. The van der Waals surface area contributed by atoms with Gasteiger partial charge in [0, 0.05) is 11.8 Å². The van der Waals surface area contributed by atoms with Crippen LogP contribution in [0.5, 0.6) is 0 Å². The number of benzene rings is 2. The highest BCUT2D eigenvalue weighted by Gasteiger charge is 2.10. The molecule has 3 aromatic rings. The van der Waals surface area contributed by atoms with E-state index in [2.05, 4.69) is 10.4 Å². The lowest BCUT2D eigenvalue weighted by Gasteiger charge is -2.08. The third kappa shape index (κ3) is 4.14. The van der Waals surface area contributed by atoms with Crippen LogP contribution in [0.4, 0.5) is 14.5 Å². The van der Waals surface area contributed by atoms with Gasteiger partial charge in [-0.1, -0.05) is 12.1 Å². The van der Waals surface area contributed by atoms with E-state index in [4.69, 9.17) is 0 Å². The Morgan fingerprint density at radius 1 is 0.920 bits per heavy atom. The maximum atomic E-state index is 12.9. The lowest BCUT2D eigenvalue weighted by molar-refractivity contribution is 0.102. The summed E-state index contributed by atoms with van der Waals surface area (Å²) in [6.45, 7) is 0.108. The van der Waals surface area contributed by atoms with Crippen molar-refractivity contribution in [3.8, 4) is 0 Å². The van der Waals surface area contributed by atoms with E-state index in [1.165, 1.54) is 60.7 Å². The molecule has 0 saturated carbocycles. The Kier molecular flexibility index (Phi) is 4.65. The summed E-state index contributed by atoms with van der Waals surface area (Å²) in [5, 5.41) is 6.60. The van der Waals surface area contributed by atoms with Crippen molar-refractivity contribution in [2.75, 3.05) is 5.32 Å². The monoisotopic (exact) mass is 341 g/mol. The number of rotatable bonds is 4. The smallest absolute Gasteiger partial charge is 0.276 e. The predicted octanol–water partition coefficient (Wildman–Crippen LogP) is 2.82. The number of halogens is 2. The first-order valence-corrected chi connectivity index (χ1v) is 7.41. The minimum absolute atomic E-state index is 0.0334. The fraction of sp³-hybridized carbons (Fsp3) is 0.0556. The van der Waals surface area contributed by atoms with E-state index in [1.54, 1.807) is 0 Å². The molecule has 1 amide bonds. The Bertz CT molecular complexity index is 951. The molecule has 0 aliphatic heterocycles. The Labute approximate surface area is 141 Å². The second-order valence-electron chi connectivity index (χ2n) is 5.30. The van der Waals surface area contributed by atoms with E-state index < -0.39 is 11.7 Å². The van der Waals surface area contributed by atoms with E-state index >= 15 is 0 Å². The highest BCUT2D eigenvalue weighted by molar-refractivity contribution is 6.02. The summed E-state index contributed by atoms with van der Waals surface area (Å²) in [5.74, 6) is -1.32. The zero-order chi connectivity index (χ0) is 17.8. The summed E-state index contributed by atoms with van der Waals surface area (Å²) in [6, 6.07) is 13.5. The number of nitrogens with zero attached hydrogens (tertiary/aromatic N) is 2. The summed E-state index contributed by atoms with van der Waals surface area (Å²) < 4.78 is 27.0. The zero-order valence-electron chi connectivity index (χ0n) is 12.9. The highest BCUT2D eigenvalue weighted by Crippen LogP contribution is 2.09. The topological polar surface area (TPSA) is 64.0 Å². The molecule has 0 bridgehead atoms. The molecule has 3 rings (SSSR count). The first-order chi connectivity index (χ1) is 12.0. The summed E-state index contributed by atoms with van der Waals surface area (Å²) >= 11 is 0. The van der Waals surface area contributed by atoms with Crippen LogP contribution in [0.3, 0.4) is 0 Å². The van der Waals surface area contributed by atoms with Gasteiger partial charge in [-0.2, -0.15) is 5.10 Å². The van der Waals surface area contributed by atoms with Crippen LogP contribution in [-0.4, -0.2) is 15.7 Å². The fourth-order valence-corrected chi connectivity index (χ4v) is 2.17. The molecule has 5 nitrogen and oxygen atoms in total. The number of anilines is 1. The Morgan fingerprint density at radius 2 is 1.52 bits per heavy atom. The molecule has 1 N–H and O–H groups in total. The van der Waals surface area contributed by atoms with E-state index in [1.807, 2.05) is 0 Å². The van der Waals surface area contributed by atoms with Gasteiger partial charge in [0.05, 0.1) is 6.54 Å². The first-order valence-electron chi connectivity index (χ1n) is 7.41. The average Bonchev–Trinajstić information content (AvgIpc) is 2.60. The van der Waals surface area contributed by atoms with Crippen molar-refractivity contribution in [3.05, 3.63) is 93.9 Å². The number of amides is 1. The maximum absolute atomic E-state index is 12.9. The van der Waals surface area contributed by atoms with Crippen molar-refractivity contribution in [1.82, 2.24) is 9.78 Å². The number of carbonyl (C=O) groups is 1. The van der Waals surface area contributed by atoms with Gasteiger partial charge in [-0.3, -0.25) is 9.59 Å². The van der Waals surface area contributed by atoms with E-state index in [-0.39, 0.29) is 23.6 Å². The van der Waals surface area contributed by atoms with Gasteiger partial charge in [-0.05, 0) is 48.0 Å².